The molecule has 0 aliphatic carbocycles. The topological polar surface area (TPSA) is 153 Å². The summed E-state index contributed by atoms with van der Waals surface area (Å²) < 4.78 is 32.2. The fraction of sp³-hybridized carbons (Fsp3) is 0.444. The number of ether oxygens (including phenoxy) is 1. The first-order valence-electron chi connectivity index (χ1n) is 13.3. The van der Waals surface area contributed by atoms with Crippen LogP contribution < -0.4 is 10.4 Å². The quantitative estimate of drug-likeness (QED) is 0.156. The van der Waals surface area contributed by atoms with Crippen molar-refractivity contribution in [1.29, 1.82) is 0 Å². The molecule has 1 N–H and O–H groups in total. The molecule has 0 bridgehead atoms. The van der Waals surface area contributed by atoms with Gasteiger partial charge >= 0.3 is 6.09 Å². The second-order valence-electron chi connectivity index (χ2n) is 10.6. The molecule has 0 spiro atoms. The van der Waals surface area contributed by atoms with E-state index in [9.17, 15) is 23.2 Å². The fourth-order valence-corrected chi connectivity index (χ4v) is 5.75. The Labute approximate surface area is 251 Å². The average Bonchev–Trinajstić information content (AvgIpc) is 3.23. The van der Waals surface area contributed by atoms with Gasteiger partial charge < -0.3 is 14.8 Å². The summed E-state index contributed by atoms with van der Waals surface area (Å²) in [7, 11) is -4.69. The standard InChI is InChI=1S/C27H36ClN6O7S/c1-7-34(37,8-2)30-31-40-16-15-32(26(36)41-27(4,5)6)42(38,39)24-18-21(13-14-22(24)28)25(35)29-33-19(3)17-20-11-9-10-12-23(20)33/h9-14,16,18-19H,7-8,15,17H2,1-6H3,(H,29,35)/b31-30-. The normalized spacial score (nSPS) is 15.4. The van der Waals surface area contributed by atoms with Gasteiger partial charge in [-0.3, -0.25) is 15.2 Å². The highest BCUT2D eigenvalue weighted by Crippen LogP contribution is 2.31. The minimum absolute atomic E-state index is 0.00332. The number of para-hydroxylation sites is 1. The molecule has 42 heavy (non-hydrogen) atoms. The number of nitrogens with zero attached hydrogens (tertiary/aromatic N) is 5. The van der Waals surface area contributed by atoms with Gasteiger partial charge in [0.2, 0.25) is 0 Å². The number of hydrazine groups is 1. The zero-order chi connectivity index (χ0) is 31.3. The van der Waals surface area contributed by atoms with Gasteiger partial charge in [0, 0.05) is 5.56 Å². The molecule has 229 valence electrons. The van der Waals surface area contributed by atoms with Crippen molar-refractivity contribution in [3.63, 3.8) is 0 Å². The van der Waals surface area contributed by atoms with Gasteiger partial charge in [-0.15, -0.1) is 0 Å². The molecule has 2 amide bonds. The molecule has 1 heterocycles. The van der Waals surface area contributed by atoms with Crippen LogP contribution in [0.5, 0.6) is 0 Å². The smallest absolute Gasteiger partial charge is 0.424 e. The summed E-state index contributed by atoms with van der Waals surface area (Å²) in [5, 5.41) is 20.6. The second kappa shape index (κ2) is 13.2. The van der Waals surface area contributed by atoms with Crippen LogP contribution >= 0.6 is 11.6 Å². The molecule has 3 rings (SSSR count). The number of carbonyl (C=O) groups excluding carboxylic acids is 2. The Morgan fingerprint density at radius 2 is 1.88 bits per heavy atom. The zero-order valence-electron chi connectivity index (χ0n) is 24.4. The molecule has 1 atom stereocenters. The third kappa shape index (κ3) is 7.88. The molecular weight excluding hydrogens is 588 g/mol. The number of nitrogens with one attached hydrogen (secondary N) is 1. The van der Waals surface area contributed by atoms with Crippen molar-refractivity contribution in [2.75, 3.05) is 24.6 Å². The number of amides is 2. The van der Waals surface area contributed by atoms with Crippen LogP contribution in [0.1, 0.15) is 57.5 Å². The maximum absolute atomic E-state index is 13.7. The van der Waals surface area contributed by atoms with E-state index in [0.717, 1.165) is 30.3 Å². The predicted molar refractivity (Wildman–Crippen MR) is 156 cm³/mol. The summed E-state index contributed by atoms with van der Waals surface area (Å²) in [6.07, 6.45) is -0.491. The molecule has 2 aromatic rings. The van der Waals surface area contributed by atoms with Crippen molar-refractivity contribution in [3.05, 3.63) is 70.4 Å². The molecule has 0 saturated heterocycles. The van der Waals surface area contributed by atoms with E-state index in [1.165, 1.54) is 12.1 Å². The lowest BCUT2D eigenvalue weighted by molar-refractivity contribution is -0.890. The van der Waals surface area contributed by atoms with Gasteiger partial charge in [-0.05, 0) is 77.8 Å². The largest absolute Gasteiger partial charge is 0.603 e. The first kappa shape index (κ1) is 33.0. The van der Waals surface area contributed by atoms with Crippen LogP contribution in [0.25, 0.3) is 0 Å². The number of hydroxylamine groups is 2. The third-order valence-electron chi connectivity index (χ3n) is 6.34. The highest BCUT2D eigenvalue weighted by molar-refractivity contribution is 7.89. The Morgan fingerprint density at radius 3 is 2.52 bits per heavy atom. The van der Waals surface area contributed by atoms with Gasteiger partial charge in [0.25, 0.3) is 15.9 Å². The van der Waals surface area contributed by atoms with Gasteiger partial charge in [-0.25, -0.2) is 18.0 Å². The highest BCUT2D eigenvalue weighted by Gasteiger charge is 2.35. The van der Waals surface area contributed by atoms with E-state index in [1.807, 2.05) is 31.2 Å². The van der Waals surface area contributed by atoms with Gasteiger partial charge in [0.15, 0.2) is 6.61 Å². The van der Waals surface area contributed by atoms with Crippen LogP contribution in [-0.2, 0) is 26.0 Å². The molecule has 0 saturated carbocycles. The molecule has 1 radical (unpaired) electrons. The molecule has 1 unspecified atom stereocenters. The van der Waals surface area contributed by atoms with Gasteiger partial charge in [-0.2, -0.15) is 4.31 Å². The number of benzene rings is 2. The van der Waals surface area contributed by atoms with Crippen LogP contribution in [0.3, 0.4) is 0 Å². The molecule has 0 fully saturated rings. The Kier molecular flexibility index (Phi) is 10.4. The second-order valence-corrected chi connectivity index (χ2v) is 12.8. The summed E-state index contributed by atoms with van der Waals surface area (Å²) >= 11 is 6.28. The van der Waals surface area contributed by atoms with Crippen LogP contribution in [0.4, 0.5) is 10.5 Å². The van der Waals surface area contributed by atoms with Gasteiger partial charge in [0.1, 0.15) is 23.6 Å². The third-order valence-corrected chi connectivity index (χ3v) is 8.55. The molecule has 13 nitrogen and oxygen atoms in total. The number of quaternary nitrogens is 1. The van der Waals surface area contributed by atoms with Crippen molar-refractivity contribution in [2.24, 2.45) is 10.5 Å². The Hall–Kier alpha value is -3.46. The maximum atomic E-state index is 13.7. The van der Waals surface area contributed by atoms with Gasteiger partial charge in [0.05, 0.1) is 33.8 Å². The van der Waals surface area contributed by atoms with Crippen LogP contribution in [-0.4, -0.2) is 60.8 Å². The van der Waals surface area contributed by atoms with Crippen LogP contribution in [0, 0.1) is 11.8 Å². The first-order valence-corrected chi connectivity index (χ1v) is 15.1. The fourth-order valence-electron chi connectivity index (χ4n) is 4.03. The molecule has 15 heteroatoms. The minimum atomic E-state index is -4.69. The Bertz CT molecular complexity index is 1430. The average molecular weight is 624 g/mol. The molecular formula is C27H36ClN6O7S. The van der Waals surface area contributed by atoms with Crippen molar-refractivity contribution >= 4 is 39.3 Å². The number of rotatable bonds is 11. The summed E-state index contributed by atoms with van der Waals surface area (Å²) in [6, 6.07) is 11.3. The predicted octanol–water partition coefficient (Wildman–Crippen LogP) is 5.18. The lowest BCUT2D eigenvalue weighted by atomic mass is 10.1. The summed E-state index contributed by atoms with van der Waals surface area (Å²) in [5.41, 5.74) is 3.70. The summed E-state index contributed by atoms with van der Waals surface area (Å²) in [6.45, 7) is 10.3. The van der Waals surface area contributed by atoms with E-state index in [1.54, 1.807) is 39.6 Å². The molecule has 1 aliphatic rings. The Balaban J connectivity index is 1.87. The van der Waals surface area contributed by atoms with Crippen molar-refractivity contribution < 1.29 is 32.3 Å². The number of sulfonamides is 1. The highest BCUT2D eigenvalue weighted by atomic mass is 35.5. The first-order chi connectivity index (χ1) is 19.6. The minimum Gasteiger partial charge on any atom is -0.603 e. The van der Waals surface area contributed by atoms with Crippen LogP contribution in [0.15, 0.2) is 57.9 Å². The number of hydrogen-bond donors (Lipinski definition) is 1. The van der Waals surface area contributed by atoms with E-state index < -0.39 is 43.8 Å². The number of hydrogen-bond acceptors (Lipinski definition) is 10. The number of carbonyl (C=O) groups is 2. The molecule has 2 aromatic carbocycles. The van der Waals surface area contributed by atoms with E-state index in [4.69, 9.17) is 21.2 Å². The van der Waals surface area contributed by atoms with E-state index in [-0.39, 0.29) is 29.7 Å². The van der Waals surface area contributed by atoms with E-state index in [2.05, 4.69) is 15.9 Å². The maximum Gasteiger partial charge on any atom is 0.424 e. The summed E-state index contributed by atoms with van der Waals surface area (Å²) in [4.78, 5) is 30.6. The SMILES string of the molecule is CC[N+]([O-])(CC)/N=N\O[CH]CN(C(=O)OC(C)(C)C)S(=O)(=O)c1cc(C(=O)NN2c3ccccc3CC2C)ccc1Cl. The van der Waals surface area contributed by atoms with E-state index in [0.29, 0.717) is 4.31 Å². The Morgan fingerprint density at radius 1 is 1.21 bits per heavy atom. The van der Waals surface area contributed by atoms with Crippen LogP contribution in [0.2, 0.25) is 5.02 Å². The number of fused-ring (bicyclic) bond motifs is 1. The van der Waals surface area contributed by atoms with Crippen molar-refractivity contribution in [1.82, 2.24) is 9.73 Å². The van der Waals surface area contributed by atoms with Crippen molar-refractivity contribution in [2.45, 2.75) is 64.5 Å². The van der Waals surface area contributed by atoms with Crippen molar-refractivity contribution in [3.8, 4) is 0 Å². The number of halogens is 1. The monoisotopic (exact) mass is 623 g/mol. The zero-order valence-corrected chi connectivity index (χ0v) is 26.0. The van der Waals surface area contributed by atoms with Gasteiger partial charge in [-0.1, -0.05) is 29.8 Å². The summed E-state index contributed by atoms with van der Waals surface area (Å²) in [5.74, 6) is -0.572. The van der Waals surface area contributed by atoms with E-state index >= 15 is 0 Å². The lowest BCUT2D eigenvalue weighted by Gasteiger charge is -2.30. The molecule has 0 aromatic heterocycles. The molecule has 1 aliphatic heterocycles. The lowest BCUT2D eigenvalue weighted by Crippen LogP contribution is -2.45. The number of anilines is 1.